The van der Waals surface area contributed by atoms with E-state index in [-0.39, 0.29) is 11.1 Å². The third-order valence-corrected chi connectivity index (χ3v) is 7.25. The number of unbranched alkanes of at least 4 members (excludes halogenated alkanes) is 1. The molecule has 1 atom stereocenters. The highest BCUT2D eigenvalue weighted by Crippen LogP contribution is 2.42. The number of benzene rings is 1. The van der Waals surface area contributed by atoms with Crippen molar-refractivity contribution in [3.8, 4) is 0 Å². The molecule has 32 heavy (non-hydrogen) atoms. The van der Waals surface area contributed by atoms with Gasteiger partial charge in [-0.25, -0.2) is 4.79 Å². The first-order chi connectivity index (χ1) is 15.5. The monoisotopic (exact) mass is 456 g/mol. The van der Waals surface area contributed by atoms with Crippen molar-refractivity contribution >= 4 is 17.6 Å². The summed E-state index contributed by atoms with van der Waals surface area (Å²) in [6.45, 7) is 4.69. The highest BCUT2D eigenvalue weighted by atomic mass is 35.5. The second kappa shape index (κ2) is 10.2. The smallest absolute Gasteiger partial charge is 0.335 e. The fraction of sp³-hybridized carbons (Fsp3) is 0.538. The molecule has 5 nitrogen and oxygen atoms in total. The predicted octanol–water partition coefficient (Wildman–Crippen LogP) is 5.47. The van der Waals surface area contributed by atoms with Gasteiger partial charge in [0.05, 0.1) is 5.56 Å². The Labute approximate surface area is 195 Å². The van der Waals surface area contributed by atoms with E-state index in [1.807, 2.05) is 22.8 Å². The molecule has 4 rings (SSSR count). The van der Waals surface area contributed by atoms with E-state index >= 15 is 0 Å². The topological polar surface area (TPSA) is 62.5 Å². The van der Waals surface area contributed by atoms with E-state index < -0.39 is 5.97 Å². The van der Waals surface area contributed by atoms with Crippen LogP contribution in [-0.4, -0.2) is 33.1 Å². The molecular formula is C26H33ClN2O3. The van der Waals surface area contributed by atoms with Gasteiger partial charge in [0.15, 0.2) is 0 Å². The Kier molecular flexibility index (Phi) is 7.37. The number of hydrogen-bond acceptors (Lipinski definition) is 3. The van der Waals surface area contributed by atoms with E-state index in [1.165, 1.54) is 37.7 Å². The standard InChI is InChI=1S/C26H33ClN2O3/c1-2-3-5-21-6-4-14-28(21)17-24-22(19-11-12-19)16-23(27)25(30)29(24)15-13-18-7-9-20(10-8-18)26(31)32/h7-10,16,19,21H,2-6,11-15,17H2,1H3,(H,31,32)/t21-/m0/s1. The maximum absolute atomic E-state index is 13.1. The number of rotatable bonds is 10. The van der Waals surface area contributed by atoms with Gasteiger partial charge in [0.2, 0.25) is 0 Å². The summed E-state index contributed by atoms with van der Waals surface area (Å²) in [7, 11) is 0. The number of nitrogens with zero attached hydrogens (tertiary/aromatic N) is 2. The van der Waals surface area contributed by atoms with Gasteiger partial charge in [-0.1, -0.05) is 43.5 Å². The quantitative estimate of drug-likeness (QED) is 0.514. The average molecular weight is 457 g/mol. The van der Waals surface area contributed by atoms with Gasteiger partial charge >= 0.3 is 5.97 Å². The zero-order valence-corrected chi connectivity index (χ0v) is 19.6. The van der Waals surface area contributed by atoms with Gasteiger partial charge < -0.3 is 9.67 Å². The molecule has 2 aliphatic rings. The van der Waals surface area contributed by atoms with Crippen LogP contribution in [0.25, 0.3) is 0 Å². The number of carboxylic acids is 1. The largest absolute Gasteiger partial charge is 0.478 e. The fourth-order valence-corrected chi connectivity index (χ4v) is 5.19. The van der Waals surface area contributed by atoms with E-state index in [0.717, 1.165) is 37.2 Å². The molecule has 2 heterocycles. The Morgan fingerprint density at radius 2 is 1.94 bits per heavy atom. The van der Waals surface area contributed by atoms with E-state index in [4.69, 9.17) is 16.7 Å². The number of likely N-dealkylation sites (tertiary alicyclic amines) is 1. The zero-order chi connectivity index (χ0) is 22.7. The number of hydrogen-bond donors (Lipinski definition) is 1. The second-order valence-electron chi connectivity index (χ2n) is 9.29. The number of aromatic carboxylic acids is 1. The molecule has 1 saturated heterocycles. The van der Waals surface area contributed by atoms with Gasteiger partial charge in [-0.15, -0.1) is 0 Å². The molecule has 0 bridgehead atoms. The van der Waals surface area contributed by atoms with Crippen molar-refractivity contribution in [2.24, 2.45) is 0 Å². The minimum absolute atomic E-state index is 0.113. The van der Waals surface area contributed by atoms with Crippen LogP contribution in [0.1, 0.15) is 85.0 Å². The third kappa shape index (κ3) is 5.26. The van der Waals surface area contributed by atoms with Crippen molar-refractivity contribution in [3.05, 3.63) is 68.1 Å². The molecule has 0 unspecified atom stereocenters. The first-order valence-corrected chi connectivity index (χ1v) is 12.3. The molecule has 1 saturated carbocycles. The Balaban J connectivity index is 1.60. The summed E-state index contributed by atoms with van der Waals surface area (Å²) >= 11 is 6.40. The van der Waals surface area contributed by atoms with Crippen LogP contribution < -0.4 is 5.56 Å². The Bertz CT molecular complexity index is 1010. The second-order valence-corrected chi connectivity index (χ2v) is 9.69. The lowest BCUT2D eigenvalue weighted by Gasteiger charge is -2.28. The van der Waals surface area contributed by atoms with Crippen LogP contribution in [-0.2, 0) is 19.5 Å². The number of carbonyl (C=O) groups is 1. The SMILES string of the molecule is CCCC[C@H]1CCCN1Cc1c(C2CC2)cc(Cl)c(=O)n1CCc1ccc(C(=O)O)cc1. The number of pyridine rings is 1. The van der Waals surface area contributed by atoms with E-state index in [2.05, 4.69) is 11.8 Å². The molecule has 1 aromatic carbocycles. The van der Waals surface area contributed by atoms with E-state index in [1.54, 1.807) is 12.1 Å². The van der Waals surface area contributed by atoms with Crippen LogP contribution >= 0.6 is 11.6 Å². The van der Waals surface area contributed by atoms with Gasteiger partial charge in [0.1, 0.15) is 5.02 Å². The van der Waals surface area contributed by atoms with Crippen LogP contribution in [0.4, 0.5) is 0 Å². The molecular weight excluding hydrogens is 424 g/mol. The summed E-state index contributed by atoms with van der Waals surface area (Å²) in [6, 6.07) is 9.44. The number of aryl methyl sites for hydroxylation is 1. The number of halogens is 1. The third-order valence-electron chi connectivity index (χ3n) is 6.98. The highest BCUT2D eigenvalue weighted by Gasteiger charge is 2.31. The molecule has 0 amide bonds. The summed E-state index contributed by atoms with van der Waals surface area (Å²) in [5.74, 6) is -0.414. The first kappa shape index (κ1) is 23.1. The van der Waals surface area contributed by atoms with Crippen LogP contribution in [0.3, 0.4) is 0 Å². The summed E-state index contributed by atoms with van der Waals surface area (Å²) < 4.78 is 1.90. The molecule has 172 valence electrons. The van der Waals surface area contributed by atoms with Crippen molar-refractivity contribution in [2.75, 3.05) is 6.54 Å². The molecule has 1 N–H and O–H groups in total. The van der Waals surface area contributed by atoms with Crippen molar-refractivity contribution < 1.29 is 9.90 Å². The maximum Gasteiger partial charge on any atom is 0.335 e. The zero-order valence-electron chi connectivity index (χ0n) is 18.9. The molecule has 0 radical (unpaired) electrons. The van der Waals surface area contributed by atoms with Gasteiger partial charge in [0, 0.05) is 24.8 Å². The Hall–Kier alpha value is -2.11. The number of aromatic nitrogens is 1. The van der Waals surface area contributed by atoms with Crippen LogP contribution in [0, 0.1) is 0 Å². The highest BCUT2D eigenvalue weighted by molar-refractivity contribution is 6.30. The summed E-state index contributed by atoms with van der Waals surface area (Å²) in [6.07, 6.45) is 9.14. The lowest BCUT2D eigenvalue weighted by Crippen LogP contribution is -2.34. The predicted molar refractivity (Wildman–Crippen MR) is 128 cm³/mol. The van der Waals surface area contributed by atoms with Gasteiger partial charge in [-0.3, -0.25) is 9.69 Å². The lowest BCUT2D eigenvalue weighted by molar-refractivity contribution is 0.0697. The minimum Gasteiger partial charge on any atom is -0.478 e. The first-order valence-electron chi connectivity index (χ1n) is 12.0. The van der Waals surface area contributed by atoms with Crippen molar-refractivity contribution in [1.29, 1.82) is 0 Å². The van der Waals surface area contributed by atoms with E-state index in [0.29, 0.717) is 29.9 Å². The summed E-state index contributed by atoms with van der Waals surface area (Å²) in [5, 5.41) is 9.43. The van der Waals surface area contributed by atoms with E-state index in [9.17, 15) is 9.59 Å². The van der Waals surface area contributed by atoms with Gasteiger partial charge in [-0.05, 0) is 80.3 Å². The van der Waals surface area contributed by atoms with Crippen LogP contribution in [0.5, 0.6) is 0 Å². The molecule has 6 heteroatoms. The van der Waals surface area contributed by atoms with Crippen molar-refractivity contribution in [2.45, 2.75) is 83.3 Å². The van der Waals surface area contributed by atoms with Gasteiger partial charge in [-0.2, -0.15) is 0 Å². The minimum atomic E-state index is -0.929. The van der Waals surface area contributed by atoms with Gasteiger partial charge in [0.25, 0.3) is 5.56 Å². The van der Waals surface area contributed by atoms with Crippen LogP contribution in [0.15, 0.2) is 35.1 Å². The van der Waals surface area contributed by atoms with Crippen molar-refractivity contribution in [1.82, 2.24) is 9.47 Å². The normalized spacial score (nSPS) is 18.9. The molecule has 1 aliphatic carbocycles. The van der Waals surface area contributed by atoms with Crippen LogP contribution in [0.2, 0.25) is 5.02 Å². The number of carboxylic acid groups (broad SMARTS) is 1. The van der Waals surface area contributed by atoms with Crippen molar-refractivity contribution in [3.63, 3.8) is 0 Å². The average Bonchev–Trinajstić information content (AvgIpc) is 3.54. The molecule has 2 aromatic rings. The lowest BCUT2D eigenvalue weighted by atomic mass is 10.0. The Morgan fingerprint density at radius 1 is 1.19 bits per heavy atom. The molecule has 2 fully saturated rings. The molecule has 0 spiro atoms. The molecule has 1 aliphatic heterocycles. The summed E-state index contributed by atoms with van der Waals surface area (Å²) in [4.78, 5) is 26.8. The Morgan fingerprint density at radius 3 is 2.59 bits per heavy atom. The summed E-state index contributed by atoms with van der Waals surface area (Å²) in [5.41, 5.74) is 3.56. The molecule has 1 aromatic heterocycles. The maximum atomic E-state index is 13.1. The fourth-order valence-electron chi connectivity index (χ4n) is 4.97.